The van der Waals surface area contributed by atoms with Crippen LogP contribution in [0.25, 0.3) is 0 Å². The Kier molecular flexibility index (Phi) is 5.64. The fourth-order valence-corrected chi connectivity index (χ4v) is 3.06. The van der Waals surface area contributed by atoms with E-state index in [1.54, 1.807) is 0 Å². The molecule has 5 heteroatoms. The topological polar surface area (TPSA) is 44.3 Å². The summed E-state index contributed by atoms with van der Waals surface area (Å²) in [6.07, 6.45) is 5.96. The molecule has 0 radical (unpaired) electrons. The second-order valence-corrected chi connectivity index (χ2v) is 6.44. The Balaban J connectivity index is 1.66. The molecule has 2 aromatic heterocycles. The van der Waals surface area contributed by atoms with Gasteiger partial charge in [0.1, 0.15) is 5.82 Å². The molecule has 3 rings (SSSR count). The summed E-state index contributed by atoms with van der Waals surface area (Å²) in [6, 6.07) is 10.6. The number of pyridine rings is 2. The highest BCUT2D eigenvalue weighted by molar-refractivity contribution is 5.50. The Bertz CT molecular complexity index is 605. The Morgan fingerprint density at radius 3 is 2.54 bits per heavy atom. The van der Waals surface area contributed by atoms with Gasteiger partial charge in [0.05, 0.1) is 23.6 Å². The highest BCUT2D eigenvalue weighted by Gasteiger charge is 2.16. The van der Waals surface area contributed by atoms with Crippen LogP contribution in [0.2, 0.25) is 0 Å². The number of rotatable bonds is 6. The van der Waals surface area contributed by atoms with E-state index in [2.05, 4.69) is 57.3 Å². The van der Waals surface area contributed by atoms with Crippen LogP contribution in [0.4, 0.5) is 11.5 Å². The lowest BCUT2D eigenvalue weighted by Gasteiger charge is -2.33. The van der Waals surface area contributed by atoms with E-state index in [-0.39, 0.29) is 6.04 Å². The van der Waals surface area contributed by atoms with Crippen molar-refractivity contribution in [1.29, 1.82) is 0 Å². The van der Waals surface area contributed by atoms with Crippen molar-refractivity contribution in [3.05, 3.63) is 48.4 Å². The van der Waals surface area contributed by atoms with E-state index in [9.17, 15) is 0 Å². The van der Waals surface area contributed by atoms with Gasteiger partial charge in [-0.15, -0.1) is 0 Å². The van der Waals surface area contributed by atoms with Gasteiger partial charge in [0.15, 0.2) is 0 Å². The third-order valence-corrected chi connectivity index (χ3v) is 4.54. The van der Waals surface area contributed by atoms with Gasteiger partial charge in [-0.05, 0) is 37.7 Å². The summed E-state index contributed by atoms with van der Waals surface area (Å²) in [7, 11) is 2.17. The van der Waals surface area contributed by atoms with E-state index in [4.69, 9.17) is 0 Å². The third-order valence-electron chi connectivity index (χ3n) is 4.54. The zero-order valence-electron chi connectivity index (χ0n) is 14.7. The number of anilines is 2. The van der Waals surface area contributed by atoms with Gasteiger partial charge in [-0.25, -0.2) is 4.98 Å². The van der Waals surface area contributed by atoms with Gasteiger partial charge in [0.25, 0.3) is 0 Å². The first-order valence-corrected chi connectivity index (χ1v) is 8.83. The van der Waals surface area contributed by atoms with Gasteiger partial charge in [-0.2, -0.15) is 0 Å². The predicted octanol–water partition coefficient (Wildman–Crippen LogP) is 3.18. The summed E-state index contributed by atoms with van der Waals surface area (Å²) >= 11 is 0. The second-order valence-electron chi connectivity index (χ2n) is 6.44. The number of likely N-dealkylation sites (N-methyl/N-ethyl adjacent to an activating group) is 1. The average Bonchev–Trinajstić information content (AvgIpc) is 2.63. The van der Waals surface area contributed by atoms with E-state index in [0.717, 1.165) is 56.2 Å². The van der Waals surface area contributed by atoms with Crippen LogP contribution in [0.1, 0.15) is 31.5 Å². The first-order chi connectivity index (χ1) is 11.8. The molecule has 24 heavy (non-hydrogen) atoms. The second kappa shape index (κ2) is 8.11. The van der Waals surface area contributed by atoms with Crippen molar-refractivity contribution in [2.45, 2.75) is 25.8 Å². The number of nitrogens with one attached hydrogen (secondary N) is 1. The number of nitrogens with zero attached hydrogens (tertiary/aromatic N) is 4. The van der Waals surface area contributed by atoms with E-state index >= 15 is 0 Å². The van der Waals surface area contributed by atoms with E-state index < -0.39 is 0 Å². The van der Waals surface area contributed by atoms with Crippen LogP contribution in [-0.2, 0) is 0 Å². The maximum Gasteiger partial charge on any atom is 0.128 e. The number of aromatic nitrogens is 2. The quantitative estimate of drug-likeness (QED) is 0.884. The molecule has 0 unspecified atom stereocenters. The summed E-state index contributed by atoms with van der Waals surface area (Å²) in [5.41, 5.74) is 2.14. The van der Waals surface area contributed by atoms with Crippen molar-refractivity contribution in [2.24, 2.45) is 0 Å². The van der Waals surface area contributed by atoms with E-state index in [1.807, 2.05) is 24.5 Å². The number of hydrogen-bond donors (Lipinski definition) is 1. The minimum absolute atomic E-state index is 0.229. The third kappa shape index (κ3) is 4.23. The van der Waals surface area contributed by atoms with Crippen LogP contribution in [0.5, 0.6) is 0 Å². The fraction of sp³-hybridized carbons (Fsp3) is 0.474. The highest BCUT2D eigenvalue weighted by atomic mass is 15.3. The molecule has 1 N–H and O–H groups in total. The largest absolute Gasteiger partial charge is 0.375 e. The Labute approximate surface area is 144 Å². The lowest BCUT2D eigenvalue weighted by atomic mass is 10.1. The maximum absolute atomic E-state index is 4.66. The molecule has 3 heterocycles. The molecule has 1 aliphatic rings. The van der Waals surface area contributed by atoms with E-state index in [0.29, 0.717) is 0 Å². The highest BCUT2D eigenvalue weighted by Crippen LogP contribution is 2.23. The van der Waals surface area contributed by atoms with Crippen molar-refractivity contribution in [3.8, 4) is 0 Å². The molecule has 1 saturated heterocycles. The molecule has 1 aliphatic heterocycles. The van der Waals surface area contributed by atoms with Crippen LogP contribution in [0.3, 0.4) is 0 Å². The SMILES string of the molecule is CCC[C@H](Nc1ccc(N2CCN(C)CC2)nc1)c1ccccn1. The zero-order valence-corrected chi connectivity index (χ0v) is 14.7. The molecule has 0 saturated carbocycles. The van der Waals surface area contributed by atoms with Crippen molar-refractivity contribution in [1.82, 2.24) is 14.9 Å². The molecule has 1 atom stereocenters. The minimum atomic E-state index is 0.229. The van der Waals surface area contributed by atoms with Crippen molar-refractivity contribution in [3.63, 3.8) is 0 Å². The summed E-state index contributed by atoms with van der Waals surface area (Å²) in [6.45, 7) is 6.48. The molecule has 128 valence electrons. The van der Waals surface area contributed by atoms with Crippen molar-refractivity contribution >= 4 is 11.5 Å². The summed E-state index contributed by atoms with van der Waals surface area (Å²) in [5, 5.41) is 3.58. The molecule has 0 bridgehead atoms. The first-order valence-electron chi connectivity index (χ1n) is 8.83. The summed E-state index contributed by atoms with van der Waals surface area (Å²) in [5.74, 6) is 1.07. The smallest absolute Gasteiger partial charge is 0.128 e. The molecule has 0 aliphatic carbocycles. The van der Waals surface area contributed by atoms with Gasteiger partial charge in [0, 0.05) is 32.4 Å². The molecule has 0 spiro atoms. The summed E-state index contributed by atoms with van der Waals surface area (Å²) in [4.78, 5) is 13.9. The molecular weight excluding hydrogens is 298 g/mol. The molecule has 5 nitrogen and oxygen atoms in total. The van der Waals surface area contributed by atoms with Gasteiger partial charge in [-0.3, -0.25) is 4.98 Å². The van der Waals surface area contributed by atoms with Crippen LogP contribution in [-0.4, -0.2) is 48.1 Å². The molecule has 2 aromatic rings. The van der Waals surface area contributed by atoms with Gasteiger partial charge in [0.2, 0.25) is 0 Å². The van der Waals surface area contributed by atoms with Crippen molar-refractivity contribution < 1.29 is 0 Å². The zero-order chi connectivity index (χ0) is 16.8. The summed E-state index contributed by atoms with van der Waals surface area (Å²) < 4.78 is 0. The van der Waals surface area contributed by atoms with E-state index in [1.165, 1.54) is 0 Å². The van der Waals surface area contributed by atoms with Crippen LogP contribution >= 0.6 is 0 Å². The monoisotopic (exact) mass is 325 g/mol. The lowest BCUT2D eigenvalue weighted by Crippen LogP contribution is -2.44. The first kappa shape index (κ1) is 16.7. The predicted molar refractivity (Wildman–Crippen MR) is 99.5 cm³/mol. The fourth-order valence-electron chi connectivity index (χ4n) is 3.06. The molecule has 0 aromatic carbocycles. The lowest BCUT2D eigenvalue weighted by molar-refractivity contribution is 0.312. The number of hydrogen-bond acceptors (Lipinski definition) is 5. The maximum atomic E-state index is 4.66. The Morgan fingerprint density at radius 1 is 1.08 bits per heavy atom. The van der Waals surface area contributed by atoms with Crippen LogP contribution in [0, 0.1) is 0 Å². The molecule has 0 amide bonds. The van der Waals surface area contributed by atoms with Gasteiger partial charge < -0.3 is 15.1 Å². The van der Waals surface area contributed by atoms with Crippen molar-refractivity contribution in [2.75, 3.05) is 43.4 Å². The van der Waals surface area contributed by atoms with Crippen LogP contribution in [0.15, 0.2) is 42.7 Å². The normalized spacial score (nSPS) is 16.8. The van der Waals surface area contributed by atoms with Gasteiger partial charge >= 0.3 is 0 Å². The molecular formula is C19H27N5. The average molecular weight is 325 g/mol. The number of piperazine rings is 1. The van der Waals surface area contributed by atoms with Gasteiger partial charge in [-0.1, -0.05) is 19.4 Å². The Morgan fingerprint density at radius 2 is 1.92 bits per heavy atom. The molecule has 1 fully saturated rings. The minimum Gasteiger partial charge on any atom is -0.375 e. The van der Waals surface area contributed by atoms with Crippen LogP contribution < -0.4 is 10.2 Å². The Hall–Kier alpha value is -2.14. The standard InChI is InChI=1S/C19H27N5/c1-3-6-18(17-7-4-5-10-20-17)22-16-8-9-19(21-15-16)24-13-11-23(2)12-14-24/h4-5,7-10,15,18,22H,3,6,11-14H2,1-2H3/t18-/m0/s1.